The van der Waals surface area contributed by atoms with Gasteiger partial charge in [0.15, 0.2) is 5.96 Å². The van der Waals surface area contributed by atoms with E-state index in [2.05, 4.69) is 71.7 Å². The minimum atomic E-state index is 0. The van der Waals surface area contributed by atoms with E-state index >= 15 is 0 Å². The van der Waals surface area contributed by atoms with Gasteiger partial charge in [-0.25, -0.2) is 4.99 Å². The second-order valence-corrected chi connectivity index (χ2v) is 7.60. The van der Waals surface area contributed by atoms with Gasteiger partial charge in [-0.05, 0) is 44.1 Å². The van der Waals surface area contributed by atoms with Gasteiger partial charge in [0.05, 0.1) is 12.7 Å². The maximum atomic E-state index is 4.89. The topological polar surface area (TPSA) is 48.7 Å². The van der Waals surface area contributed by atoms with Crippen molar-refractivity contribution in [2.45, 2.75) is 32.4 Å². The molecule has 1 saturated heterocycles. The Labute approximate surface area is 186 Å². The number of halogens is 1. The lowest BCUT2D eigenvalue weighted by Gasteiger charge is -2.21. The Bertz CT molecular complexity index is 753. The first kappa shape index (κ1) is 22.7. The van der Waals surface area contributed by atoms with Gasteiger partial charge in [-0.2, -0.15) is 5.10 Å². The lowest BCUT2D eigenvalue weighted by Crippen LogP contribution is -2.40. The van der Waals surface area contributed by atoms with Crippen LogP contribution >= 0.6 is 24.0 Å². The number of nitrogens with zero attached hydrogens (tertiary/aromatic N) is 5. The highest BCUT2D eigenvalue weighted by atomic mass is 127. The fraction of sp³-hybridized carbons (Fsp3) is 0.524. The van der Waals surface area contributed by atoms with Crippen LogP contribution in [-0.4, -0.2) is 59.3 Å². The summed E-state index contributed by atoms with van der Waals surface area (Å²) in [7, 11) is 6.16. The molecule has 1 aromatic heterocycles. The third-order valence-electron chi connectivity index (χ3n) is 4.95. The van der Waals surface area contributed by atoms with Gasteiger partial charge in [-0.1, -0.05) is 24.3 Å². The molecule has 1 unspecified atom stereocenters. The largest absolute Gasteiger partial charge is 0.357 e. The fourth-order valence-electron chi connectivity index (χ4n) is 3.58. The molecule has 1 aliphatic heterocycles. The molecule has 28 heavy (non-hydrogen) atoms. The van der Waals surface area contributed by atoms with Gasteiger partial charge in [0.2, 0.25) is 0 Å². The van der Waals surface area contributed by atoms with Crippen LogP contribution in [0.4, 0.5) is 0 Å². The van der Waals surface area contributed by atoms with Crippen molar-refractivity contribution in [3.8, 4) is 0 Å². The van der Waals surface area contributed by atoms with Crippen molar-refractivity contribution in [1.29, 1.82) is 0 Å². The van der Waals surface area contributed by atoms with E-state index in [0.29, 0.717) is 12.5 Å². The molecule has 1 atom stereocenters. The summed E-state index contributed by atoms with van der Waals surface area (Å²) >= 11 is 0. The predicted molar refractivity (Wildman–Crippen MR) is 126 cm³/mol. The first-order valence-corrected chi connectivity index (χ1v) is 9.79. The van der Waals surface area contributed by atoms with Crippen molar-refractivity contribution < 1.29 is 0 Å². The molecule has 0 amide bonds. The Morgan fingerprint density at radius 3 is 2.57 bits per heavy atom. The molecule has 0 radical (unpaired) electrons. The third kappa shape index (κ3) is 6.20. The second kappa shape index (κ2) is 10.8. The molecule has 6 nitrogen and oxygen atoms in total. The maximum absolute atomic E-state index is 4.89. The molecule has 0 bridgehead atoms. The smallest absolute Gasteiger partial charge is 0.194 e. The van der Waals surface area contributed by atoms with Crippen molar-refractivity contribution in [1.82, 2.24) is 24.9 Å². The summed E-state index contributed by atoms with van der Waals surface area (Å²) in [5.74, 6) is 1.55. The van der Waals surface area contributed by atoms with Gasteiger partial charge in [-0.3, -0.25) is 4.68 Å². The van der Waals surface area contributed by atoms with Crippen LogP contribution in [0.3, 0.4) is 0 Å². The standard InChI is InChI=1S/C21H32N6.HI/c1-5-22-21(23-12-17-6-8-18(9-7-17)14-25(2)3)27-11-10-19(16-27)20-13-24-26(4)15-20;/h6-9,13,15,19H,5,10-12,14,16H2,1-4H3,(H,22,23);1H. The molecular formula is C21H33IN6. The molecule has 0 spiro atoms. The maximum Gasteiger partial charge on any atom is 0.194 e. The number of benzene rings is 1. The van der Waals surface area contributed by atoms with Gasteiger partial charge in [0.25, 0.3) is 0 Å². The van der Waals surface area contributed by atoms with Gasteiger partial charge in [0.1, 0.15) is 0 Å². The van der Waals surface area contributed by atoms with Gasteiger partial charge in [-0.15, -0.1) is 24.0 Å². The Balaban J connectivity index is 0.00000280. The van der Waals surface area contributed by atoms with Crippen LogP contribution in [0.2, 0.25) is 0 Å². The first-order chi connectivity index (χ1) is 13.0. The lowest BCUT2D eigenvalue weighted by atomic mass is 10.0. The highest BCUT2D eigenvalue weighted by molar-refractivity contribution is 14.0. The summed E-state index contributed by atoms with van der Waals surface area (Å²) in [5, 5.41) is 7.78. The minimum Gasteiger partial charge on any atom is -0.357 e. The van der Waals surface area contributed by atoms with Crippen molar-refractivity contribution in [2.75, 3.05) is 33.7 Å². The zero-order valence-corrected chi connectivity index (χ0v) is 19.8. The first-order valence-electron chi connectivity index (χ1n) is 9.79. The van der Waals surface area contributed by atoms with Gasteiger partial charge in [0, 0.05) is 45.3 Å². The van der Waals surface area contributed by atoms with Gasteiger partial charge < -0.3 is 15.1 Å². The number of aliphatic imine (C=N–C) groups is 1. The molecule has 0 saturated carbocycles. The van der Waals surface area contributed by atoms with Crippen molar-refractivity contribution in [3.63, 3.8) is 0 Å². The molecule has 1 fully saturated rings. The van der Waals surface area contributed by atoms with Crippen molar-refractivity contribution in [3.05, 3.63) is 53.3 Å². The predicted octanol–water partition coefficient (Wildman–Crippen LogP) is 3.05. The molecule has 2 aromatic rings. The molecule has 0 aliphatic carbocycles. The van der Waals surface area contributed by atoms with E-state index in [0.717, 1.165) is 38.6 Å². The molecule has 3 rings (SSSR count). The molecular weight excluding hydrogens is 463 g/mol. The SMILES string of the molecule is CCNC(=NCc1ccc(CN(C)C)cc1)N1CCC(c2cnn(C)c2)C1.I. The normalized spacial score (nSPS) is 17.1. The van der Waals surface area contributed by atoms with E-state index in [9.17, 15) is 0 Å². The molecule has 7 heteroatoms. The quantitative estimate of drug-likeness (QED) is 0.380. The number of aromatic nitrogens is 2. The average molecular weight is 496 g/mol. The van der Waals surface area contributed by atoms with E-state index in [1.807, 2.05) is 17.9 Å². The number of hydrogen-bond donors (Lipinski definition) is 1. The van der Waals surface area contributed by atoms with E-state index in [-0.39, 0.29) is 24.0 Å². The van der Waals surface area contributed by atoms with Crippen LogP contribution in [0.15, 0.2) is 41.7 Å². The number of rotatable bonds is 6. The van der Waals surface area contributed by atoms with Crippen LogP contribution in [0, 0.1) is 0 Å². The zero-order chi connectivity index (χ0) is 19.2. The van der Waals surface area contributed by atoms with E-state index in [1.54, 1.807) is 0 Å². The Kier molecular flexibility index (Phi) is 8.75. The summed E-state index contributed by atoms with van der Waals surface area (Å²) < 4.78 is 1.89. The number of likely N-dealkylation sites (tertiary alicyclic amines) is 1. The van der Waals surface area contributed by atoms with Crippen LogP contribution in [-0.2, 0) is 20.1 Å². The number of nitrogens with one attached hydrogen (secondary N) is 1. The summed E-state index contributed by atoms with van der Waals surface area (Å²) in [4.78, 5) is 9.45. The van der Waals surface area contributed by atoms with E-state index < -0.39 is 0 Å². The molecule has 1 N–H and O–H groups in total. The number of guanidine groups is 1. The lowest BCUT2D eigenvalue weighted by molar-refractivity contribution is 0.402. The Hall–Kier alpha value is -1.61. The summed E-state index contributed by atoms with van der Waals surface area (Å²) in [6.07, 6.45) is 5.27. The second-order valence-electron chi connectivity index (χ2n) is 7.60. The van der Waals surface area contributed by atoms with Gasteiger partial charge >= 0.3 is 0 Å². The van der Waals surface area contributed by atoms with E-state index in [1.165, 1.54) is 16.7 Å². The highest BCUT2D eigenvalue weighted by Crippen LogP contribution is 2.26. The fourth-order valence-corrected chi connectivity index (χ4v) is 3.58. The molecule has 1 aliphatic rings. The third-order valence-corrected chi connectivity index (χ3v) is 4.95. The Morgan fingerprint density at radius 2 is 1.96 bits per heavy atom. The van der Waals surface area contributed by atoms with Crippen LogP contribution in [0.5, 0.6) is 0 Å². The van der Waals surface area contributed by atoms with Crippen molar-refractivity contribution >= 4 is 29.9 Å². The molecule has 154 valence electrons. The number of aryl methyl sites for hydroxylation is 1. The average Bonchev–Trinajstić information content (AvgIpc) is 3.28. The monoisotopic (exact) mass is 496 g/mol. The molecule has 1 aromatic carbocycles. The highest BCUT2D eigenvalue weighted by Gasteiger charge is 2.26. The summed E-state index contributed by atoms with van der Waals surface area (Å²) in [5.41, 5.74) is 3.90. The van der Waals surface area contributed by atoms with Crippen LogP contribution < -0.4 is 5.32 Å². The Morgan fingerprint density at radius 1 is 1.25 bits per heavy atom. The molecule has 2 heterocycles. The zero-order valence-electron chi connectivity index (χ0n) is 17.4. The number of hydrogen-bond acceptors (Lipinski definition) is 3. The summed E-state index contributed by atoms with van der Waals surface area (Å²) in [6.45, 7) is 6.72. The summed E-state index contributed by atoms with van der Waals surface area (Å²) in [6, 6.07) is 8.78. The van der Waals surface area contributed by atoms with Crippen LogP contribution in [0.1, 0.15) is 36.0 Å². The van der Waals surface area contributed by atoms with Crippen LogP contribution in [0.25, 0.3) is 0 Å². The minimum absolute atomic E-state index is 0. The van der Waals surface area contributed by atoms with E-state index in [4.69, 9.17) is 4.99 Å². The van der Waals surface area contributed by atoms with Crippen molar-refractivity contribution in [2.24, 2.45) is 12.0 Å².